The Bertz CT molecular complexity index is 345. The van der Waals surface area contributed by atoms with Crippen molar-refractivity contribution in [3.05, 3.63) is 0 Å². The lowest BCUT2D eigenvalue weighted by Crippen LogP contribution is -2.46. The van der Waals surface area contributed by atoms with Crippen LogP contribution in [0, 0.1) is 0 Å². The first-order valence-electron chi connectivity index (χ1n) is 5.70. The Balaban J connectivity index is 5.28. The highest BCUT2D eigenvalue weighted by Gasteiger charge is 2.38. The molecule has 0 aromatic rings. The van der Waals surface area contributed by atoms with Gasteiger partial charge in [-0.15, -0.1) is 0 Å². The van der Waals surface area contributed by atoms with Gasteiger partial charge < -0.3 is 10.6 Å². The Morgan fingerprint density at radius 3 is 1.44 bits per heavy atom. The van der Waals surface area contributed by atoms with Crippen LogP contribution in [0.2, 0.25) is 0 Å². The Morgan fingerprint density at radius 2 is 1.28 bits per heavy atom. The number of hydrogen-bond acceptors (Lipinski definition) is 3. The smallest absolute Gasteiger partial charge is 0.267 e. The quantitative estimate of drug-likeness (QED) is 0.336. The van der Waals surface area contributed by atoms with Crippen molar-refractivity contribution < 1.29 is 4.57 Å². The van der Waals surface area contributed by atoms with E-state index in [2.05, 4.69) is 30.8 Å². The van der Waals surface area contributed by atoms with Gasteiger partial charge in [0, 0.05) is 28.2 Å². The van der Waals surface area contributed by atoms with Crippen molar-refractivity contribution in [3.8, 4) is 0 Å². The highest BCUT2D eigenvalue weighted by molar-refractivity contribution is 7.62. The Labute approximate surface area is 109 Å². The van der Waals surface area contributed by atoms with Crippen molar-refractivity contribution in [3.63, 3.8) is 0 Å². The summed E-state index contributed by atoms with van der Waals surface area (Å²) in [4.78, 5) is 7.97. The van der Waals surface area contributed by atoms with E-state index in [-0.39, 0.29) is 0 Å². The van der Waals surface area contributed by atoms with Crippen LogP contribution in [-0.4, -0.2) is 45.3 Å². The fourth-order valence-electron chi connectivity index (χ4n) is 1.10. The van der Waals surface area contributed by atoms with Crippen LogP contribution in [0.1, 0.15) is 20.8 Å². The van der Waals surface area contributed by atoms with Crippen LogP contribution in [0.3, 0.4) is 0 Å². The Kier molecular flexibility index (Phi) is 6.18. The standard InChI is InChI=1S/C10H25N6OP/c1-10(2,3)18(17,15-8(11-4)12-5)16-9(13-6)14-7/h1-7H3,(H4,11,12,13,14,15,16,17). The summed E-state index contributed by atoms with van der Waals surface area (Å²) in [5.41, 5.74) is 0. The zero-order chi connectivity index (χ0) is 14.4. The average molecular weight is 276 g/mol. The van der Waals surface area contributed by atoms with E-state index in [1.807, 2.05) is 20.8 Å². The number of nitrogens with one attached hydrogen (secondary N) is 4. The molecule has 0 rings (SSSR count). The molecule has 0 aliphatic carbocycles. The lowest BCUT2D eigenvalue weighted by Gasteiger charge is -2.33. The highest BCUT2D eigenvalue weighted by atomic mass is 31.2. The molecule has 8 heteroatoms. The van der Waals surface area contributed by atoms with E-state index in [4.69, 9.17) is 0 Å². The topological polar surface area (TPSA) is 89.9 Å². The number of rotatable bonds is 2. The van der Waals surface area contributed by atoms with Crippen molar-refractivity contribution >= 4 is 19.4 Å². The van der Waals surface area contributed by atoms with Crippen LogP contribution in [0.5, 0.6) is 0 Å². The SMILES string of the molecule is CN=C(NC)NP(=O)(NC(=NC)NC)C(C)(C)C. The molecule has 0 aliphatic rings. The molecule has 0 saturated carbocycles. The minimum Gasteiger partial charge on any atom is -0.359 e. The summed E-state index contributed by atoms with van der Waals surface area (Å²) >= 11 is 0. The van der Waals surface area contributed by atoms with E-state index in [9.17, 15) is 4.57 Å². The van der Waals surface area contributed by atoms with E-state index in [1.54, 1.807) is 28.2 Å². The van der Waals surface area contributed by atoms with E-state index >= 15 is 0 Å². The summed E-state index contributed by atoms with van der Waals surface area (Å²) in [6.45, 7) is 5.67. The molecular weight excluding hydrogens is 251 g/mol. The van der Waals surface area contributed by atoms with Gasteiger partial charge in [0.15, 0.2) is 11.9 Å². The molecule has 0 heterocycles. The average Bonchev–Trinajstić information content (AvgIpc) is 2.31. The summed E-state index contributed by atoms with van der Waals surface area (Å²) in [6, 6.07) is 0. The highest BCUT2D eigenvalue weighted by Crippen LogP contribution is 2.50. The summed E-state index contributed by atoms with van der Waals surface area (Å²) in [7, 11) is 3.71. The third-order valence-corrected chi connectivity index (χ3v) is 5.33. The fraction of sp³-hybridized carbons (Fsp3) is 0.800. The second-order valence-corrected chi connectivity index (χ2v) is 7.66. The summed E-state index contributed by atoms with van der Waals surface area (Å²) in [6.07, 6.45) is 0. The third kappa shape index (κ3) is 4.22. The molecule has 0 fully saturated rings. The van der Waals surface area contributed by atoms with Gasteiger partial charge in [-0.05, 0) is 20.8 Å². The molecule has 106 valence electrons. The minimum atomic E-state index is -2.97. The van der Waals surface area contributed by atoms with Crippen LogP contribution in [0.15, 0.2) is 9.98 Å². The van der Waals surface area contributed by atoms with E-state index in [1.165, 1.54) is 0 Å². The minimum absolute atomic E-state index is 0.465. The molecule has 0 spiro atoms. The van der Waals surface area contributed by atoms with E-state index in [0.29, 0.717) is 11.9 Å². The van der Waals surface area contributed by atoms with Crippen LogP contribution in [-0.2, 0) is 4.57 Å². The van der Waals surface area contributed by atoms with Gasteiger partial charge in [-0.25, -0.2) is 0 Å². The first kappa shape index (κ1) is 16.8. The van der Waals surface area contributed by atoms with E-state index < -0.39 is 12.6 Å². The van der Waals surface area contributed by atoms with Gasteiger partial charge in [0.1, 0.15) is 0 Å². The largest absolute Gasteiger partial charge is 0.359 e. The van der Waals surface area contributed by atoms with Gasteiger partial charge in [0.05, 0.1) is 5.16 Å². The van der Waals surface area contributed by atoms with Crippen LogP contribution in [0.4, 0.5) is 0 Å². The molecule has 4 N–H and O–H groups in total. The fourth-order valence-corrected chi connectivity index (χ4v) is 2.84. The predicted octanol–water partition coefficient (Wildman–Crippen LogP) is 0.568. The Hall–Kier alpha value is -1.23. The van der Waals surface area contributed by atoms with Gasteiger partial charge in [-0.2, -0.15) is 0 Å². The Morgan fingerprint density at radius 1 is 0.944 bits per heavy atom. The second kappa shape index (κ2) is 6.64. The van der Waals surface area contributed by atoms with Crippen molar-refractivity contribution in [2.75, 3.05) is 28.2 Å². The lowest BCUT2D eigenvalue weighted by molar-refractivity contribution is 0.539. The molecule has 0 unspecified atom stereocenters. The maximum absolute atomic E-state index is 13.0. The molecule has 0 saturated heterocycles. The zero-order valence-corrected chi connectivity index (χ0v) is 13.1. The molecule has 0 radical (unpaired) electrons. The molecule has 0 aromatic heterocycles. The number of hydrogen-bond donors (Lipinski definition) is 4. The molecule has 7 nitrogen and oxygen atoms in total. The number of aliphatic imine (C=N–C) groups is 2. The van der Waals surface area contributed by atoms with E-state index in [0.717, 1.165) is 0 Å². The van der Waals surface area contributed by atoms with Crippen molar-refractivity contribution in [2.45, 2.75) is 25.9 Å². The number of guanidine groups is 2. The predicted molar refractivity (Wildman–Crippen MR) is 78.5 cm³/mol. The van der Waals surface area contributed by atoms with Gasteiger partial charge >= 0.3 is 0 Å². The van der Waals surface area contributed by atoms with Gasteiger partial charge in [0.2, 0.25) is 0 Å². The molecule has 18 heavy (non-hydrogen) atoms. The summed E-state index contributed by atoms with van der Waals surface area (Å²) < 4.78 is 13.0. The van der Waals surface area contributed by atoms with Crippen molar-refractivity contribution in [1.82, 2.24) is 20.8 Å². The first-order chi connectivity index (χ1) is 8.24. The zero-order valence-electron chi connectivity index (χ0n) is 12.2. The van der Waals surface area contributed by atoms with Crippen molar-refractivity contribution in [1.29, 1.82) is 0 Å². The lowest BCUT2D eigenvalue weighted by atomic mass is 10.3. The molecule has 0 bridgehead atoms. The monoisotopic (exact) mass is 276 g/mol. The molecular formula is C10H25N6OP. The second-order valence-electron chi connectivity index (χ2n) is 4.65. The van der Waals surface area contributed by atoms with Gasteiger partial charge in [0.25, 0.3) is 7.44 Å². The molecule has 0 atom stereocenters. The van der Waals surface area contributed by atoms with Gasteiger partial charge in [-0.3, -0.25) is 24.7 Å². The molecule has 0 aromatic carbocycles. The van der Waals surface area contributed by atoms with Crippen LogP contribution in [0.25, 0.3) is 0 Å². The first-order valence-corrected chi connectivity index (χ1v) is 7.40. The van der Waals surface area contributed by atoms with Crippen LogP contribution >= 0.6 is 7.44 Å². The normalized spacial score (nSPS) is 16.8. The maximum Gasteiger partial charge on any atom is 0.267 e. The summed E-state index contributed by atoms with van der Waals surface area (Å²) in [5, 5.41) is 11.1. The number of nitrogens with zero attached hydrogens (tertiary/aromatic N) is 2. The maximum atomic E-state index is 13.0. The van der Waals surface area contributed by atoms with Crippen LogP contribution < -0.4 is 20.8 Å². The van der Waals surface area contributed by atoms with Gasteiger partial charge in [-0.1, -0.05) is 0 Å². The third-order valence-electron chi connectivity index (χ3n) is 2.39. The molecule has 0 amide bonds. The molecule has 0 aliphatic heterocycles. The van der Waals surface area contributed by atoms with Crippen molar-refractivity contribution in [2.24, 2.45) is 9.98 Å². The summed E-state index contributed by atoms with van der Waals surface area (Å²) in [5.74, 6) is 0.930.